The van der Waals surface area contributed by atoms with Crippen molar-refractivity contribution in [3.05, 3.63) is 120 Å². The van der Waals surface area contributed by atoms with Crippen LogP contribution in [0.2, 0.25) is 0 Å². The van der Waals surface area contributed by atoms with Gasteiger partial charge in [0.15, 0.2) is 5.66 Å². The molecule has 0 aliphatic carbocycles. The molecule has 4 aromatic carbocycles. The SMILES string of the molecule is CCC(C(=O)Nc1c(C)cccc1C)[P+](c1ccccc1)(c1ccccc1)c1ccccc1.[Y]. The Hall–Kier alpha value is -2.12. The van der Waals surface area contributed by atoms with E-state index in [4.69, 9.17) is 0 Å². The van der Waals surface area contributed by atoms with Gasteiger partial charge in [-0.1, -0.05) is 79.7 Å². The minimum absolute atomic E-state index is 0. The minimum Gasteiger partial charge on any atom is -0.322 e. The Morgan fingerprint density at radius 1 is 0.676 bits per heavy atom. The summed E-state index contributed by atoms with van der Waals surface area (Å²) >= 11 is 0. The van der Waals surface area contributed by atoms with Gasteiger partial charge in [0.05, 0.1) is 0 Å². The Morgan fingerprint density at radius 3 is 1.41 bits per heavy atom. The number of amides is 1. The van der Waals surface area contributed by atoms with Gasteiger partial charge in [-0.05, 0) is 67.8 Å². The predicted octanol–water partition coefficient (Wildman–Crippen LogP) is 6.01. The number of carbonyl (C=O) groups is 1. The van der Waals surface area contributed by atoms with E-state index in [1.54, 1.807) is 0 Å². The standard InChI is InChI=1S/C30H30NOP.Y/c1-4-28(30(32)31-29-23(2)15-14-16-24(29)3)33(25-17-8-5-9-18-25,26-19-10-6-11-20-26)27-21-12-7-13-22-27;/h5-22,28H,4H2,1-3H3;/p+1. The zero-order valence-electron chi connectivity index (χ0n) is 20.1. The van der Waals surface area contributed by atoms with Crippen molar-refractivity contribution in [2.45, 2.75) is 32.9 Å². The van der Waals surface area contributed by atoms with Gasteiger partial charge in [0, 0.05) is 38.4 Å². The van der Waals surface area contributed by atoms with E-state index in [1.165, 1.54) is 15.9 Å². The maximum absolute atomic E-state index is 14.1. The molecule has 0 heterocycles. The van der Waals surface area contributed by atoms with Crippen LogP contribution >= 0.6 is 7.26 Å². The van der Waals surface area contributed by atoms with Crippen LogP contribution in [-0.2, 0) is 37.5 Å². The zero-order chi connectivity index (χ0) is 23.3. The normalized spacial score (nSPS) is 11.9. The molecular weight excluding hydrogens is 510 g/mol. The second kappa shape index (κ2) is 12.0. The number of rotatable bonds is 7. The predicted molar refractivity (Wildman–Crippen MR) is 144 cm³/mol. The van der Waals surface area contributed by atoms with Crippen LogP contribution in [0.3, 0.4) is 0 Å². The fraction of sp³-hybridized carbons (Fsp3) is 0.167. The summed E-state index contributed by atoms with van der Waals surface area (Å²) in [5, 5.41) is 7.02. The first-order chi connectivity index (χ1) is 16.1. The molecule has 1 amide bonds. The summed E-state index contributed by atoms with van der Waals surface area (Å²) in [4.78, 5) is 14.1. The van der Waals surface area contributed by atoms with Gasteiger partial charge in [0.1, 0.15) is 23.2 Å². The molecule has 1 unspecified atom stereocenters. The van der Waals surface area contributed by atoms with Crippen molar-refractivity contribution < 1.29 is 37.5 Å². The van der Waals surface area contributed by atoms with Crippen LogP contribution in [-0.4, -0.2) is 11.6 Å². The number of hydrogen-bond donors (Lipinski definition) is 1. The molecular formula is C30H31NOPY+. The molecule has 0 bridgehead atoms. The van der Waals surface area contributed by atoms with Gasteiger partial charge in [-0.15, -0.1) is 0 Å². The molecule has 1 radical (unpaired) electrons. The van der Waals surface area contributed by atoms with Crippen LogP contribution in [0.25, 0.3) is 0 Å². The molecule has 34 heavy (non-hydrogen) atoms. The summed E-state index contributed by atoms with van der Waals surface area (Å²) in [7, 11) is -2.30. The van der Waals surface area contributed by atoms with E-state index in [9.17, 15) is 4.79 Å². The van der Waals surface area contributed by atoms with Crippen molar-refractivity contribution in [3.8, 4) is 0 Å². The van der Waals surface area contributed by atoms with Gasteiger partial charge in [-0.3, -0.25) is 4.79 Å². The first kappa shape index (κ1) is 26.5. The van der Waals surface area contributed by atoms with Crippen LogP contribution in [0.15, 0.2) is 109 Å². The molecule has 169 valence electrons. The Balaban J connectivity index is 0.00000324. The van der Waals surface area contributed by atoms with E-state index in [-0.39, 0.29) is 44.3 Å². The van der Waals surface area contributed by atoms with Crippen molar-refractivity contribution in [1.82, 2.24) is 0 Å². The molecule has 4 aromatic rings. The number of para-hydroxylation sites is 1. The van der Waals surface area contributed by atoms with Gasteiger partial charge in [0.2, 0.25) is 0 Å². The van der Waals surface area contributed by atoms with E-state index in [1.807, 2.05) is 24.3 Å². The third-order valence-electron chi connectivity index (χ3n) is 6.38. The maximum Gasteiger partial charge on any atom is 0.266 e. The molecule has 0 fully saturated rings. The monoisotopic (exact) mass is 541 g/mol. The van der Waals surface area contributed by atoms with E-state index in [2.05, 4.69) is 111 Å². The molecule has 4 heteroatoms. The number of aryl methyl sites for hydroxylation is 2. The number of benzene rings is 4. The molecule has 0 aliphatic heterocycles. The average molecular weight is 541 g/mol. The molecule has 2 nitrogen and oxygen atoms in total. The molecule has 0 spiro atoms. The topological polar surface area (TPSA) is 29.1 Å². The van der Waals surface area contributed by atoms with Crippen LogP contribution in [0.1, 0.15) is 24.5 Å². The van der Waals surface area contributed by atoms with Crippen molar-refractivity contribution in [1.29, 1.82) is 0 Å². The van der Waals surface area contributed by atoms with Crippen LogP contribution < -0.4 is 21.2 Å². The fourth-order valence-corrected chi connectivity index (χ4v) is 9.70. The number of carbonyl (C=O) groups excluding carboxylic acids is 1. The van der Waals surface area contributed by atoms with Gasteiger partial charge >= 0.3 is 0 Å². The van der Waals surface area contributed by atoms with E-state index < -0.39 is 7.26 Å². The number of anilines is 1. The van der Waals surface area contributed by atoms with Crippen molar-refractivity contribution >= 4 is 34.8 Å². The molecule has 1 N–H and O–H groups in total. The minimum atomic E-state index is -2.30. The maximum atomic E-state index is 14.1. The number of nitrogens with one attached hydrogen (secondary N) is 1. The van der Waals surface area contributed by atoms with Gasteiger partial charge < -0.3 is 5.32 Å². The summed E-state index contributed by atoms with van der Waals surface area (Å²) in [6.45, 7) is 6.24. The summed E-state index contributed by atoms with van der Waals surface area (Å²) in [6, 6.07) is 38.0. The van der Waals surface area contributed by atoms with Crippen molar-refractivity contribution in [2.75, 3.05) is 5.32 Å². The quantitative estimate of drug-likeness (QED) is 0.285. The summed E-state index contributed by atoms with van der Waals surface area (Å²) < 4.78 is 0. The first-order valence-corrected chi connectivity index (χ1v) is 13.4. The molecule has 0 aromatic heterocycles. The van der Waals surface area contributed by atoms with Gasteiger partial charge in [-0.2, -0.15) is 0 Å². The van der Waals surface area contributed by atoms with Gasteiger partial charge in [0.25, 0.3) is 5.91 Å². The Kier molecular flexibility index (Phi) is 9.37. The Morgan fingerprint density at radius 2 is 1.06 bits per heavy atom. The van der Waals surface area contributed by atoms with Crippen LogP contribution in [0.5, 0.6) is 0 Å². The van der Waals surface area contributed by atoms with Crippen molar-refractivity contribution in [2.24, 2.45) is 0 Å². The third kappa shape index (κ3) is 5.10. The van der Waals surface area contributed by atoms with E-state index in [0.29, 0.717) is 0 Å². The molecule has 0 aliphatic rings. The van der Waals surface area contributed by atoms with E-state index >= 15 is 0 Å². The van der Waals surface area contributed by atoms with Gasteiger partial charge in [-0.25, -0.2) is 0 Å². The Labute approximate surface area is 229 Å². The molecule has 1 atom stereocenters. The average Bonchev–Trinajstić information content (AvgIpc) is 2.86. The summed E-state index contributed by atoms with van der Waals surface area (Å²) in [6.07, 6.45) is 0.739. The second-order valence-corrected chi connectivity index (χ2v) is 12.0. The first-order valence-electron chi connectivity index (χ1n) is 11.5. The number of hydrogen-bond acceptors (Lipinski definition) is 1. The molecule has 4 rings (SSSR count). The largest absolute Gasteiger partial charge is 0.322 e. The fourth-order valence-electron chi connectivity index (χ4n) is 4.83. The smallest absolute Gasteiger partial charge is 0.266 e. The van der Waals surface area contributed by atoms with E-state index in [0.717, 1.165) is 23.2 Å². The molecule has 0 saturated heterocycles. The van der Waals surface area contributed by atoms with Crippen molar-refractivity contribution in [3.63, 3.8) is 0 Å². The summed E-state index contributed by atoms with van der Waals surface area (Å²) in [5.74, 6) is 0.0831. The second-order valence-electron chi connectivity index (χ2n) is 8.41. The van der Waals surface area contributed by atoms with Crippen LogP contribution in [0.4, 0.5) is 5.69 Å². The van der Waals surface area contributed by atoms with Crippen LogP contribution in [0, 0.1) is 13.8 Å². The summed E-state index contributed by atoms with van der Waals surface area (Å²) in [5.41, 5.74) is 2.89. The zero-order valence-corrected chi connectivity index (χ0v) is 23.8. The third-order valence-corrected chi connectivity index (χ3v) is 11.2. The molecule has 0 saturated carbocycles. The Bertz CT molecular complexity index is 1100.